The molecule has 1 fully saturated rings. The Hall–Kier alpha value is -1.00. The van der Waals surface area contributed by atoms with E-state index in [1.165, 1.54) is 25.7 Å². The normalized spacial score (nSPS) is 20.6. The summed E-state index contributed by atoms with van der Waals surface area (Å²) in [5.41, 5.74) is 2.03. The third-order valence-electron chi connectivity index (χ3n) is 3.65. The number of aromatic nitrogens is 2. The third-order valence-corrected chi connectivity index (χ3v) is 3.65. The third kappa shape index (κ3) is 4.55. The van der Waals surface area contributed by atoms with E-state index >= 15 is 0 Å². The van der Waals surface area contributed by atoms with Crippen LogP contribution in [0.1, 0.15) is 56.5 Å². The smallest absolute Gasteiger partial charge is 0.0756 e. The van der Waals surface area contributed by atoms with Crippen molar-refractivity contribution in [2.24, 2.45) is 0 Å². The number of nitrogens with one attached hydrogen (secondary N) is 1. The topological polar surface area (TPSA) is 47.0 Å². The van der Waals surface area contributed by atoms with Crippen LogP contribution < -0.4 is 5.32 Å². The van der Waals surface area contributed by atoms with Gasteiger partial charge in [-0.1, -0.05) is 6.92 Å². The molecule has 1 aromatic rings. The van der Waals surface area contributed by atoms with E-state index in [4.69, 9.17) is 4.74 Å². The first-order valence-corrected chi connectivity index (χ1v) is 7.43. The van der Waals surface area contributed by atoms with E-state index in [0.29, 0.717) is 12.1 Å². The number of hydrogen-bond acceptors (Lipinski definition) is 4. The van der Waals surface area contributed by atoms with Crippen molar-refractivity contribution in [2.45, 2.75) is 58.1 Å². The van der Waals surface area contributed by atoms with Crippen LogP contribution in [0.15, 0.2) is 12.4 Å². The predicted molar refractivity (Wildman–Crippen MR) is 76.0 cm³/mol. The summed E-state index contributed by atoms with van der Waals surface area (Å²) in [6, 6.07) is 0.319. The molecule has 106 valence electrons. The Morgan fingerprint density at radius 1 is 1.42 bits per heavy atom. The highest BCUT2D eigenvalue weighted by atomic mass is 16.5. The number of ether oxygens (including phenoxy) is 1. The van der Waals surface area contributed by atoms with Crippen molar-refractivity contribution in [3.8, 4) is 0 Å². The average Bonchev–Trinajstić information content (AvgIpc) is 2.92. The Kier molecular flexibility index (Phi) is 5.73. The molecule has 2 rings (SSSR count). The van der Waals surface area contributed by atoms with Gasteiger partial charge < -0.3 is 10.1 Å². The van der Waals surface area contributed by atoms with Crippen molar-refractivity contribution in [3.63, 3.8) is 0 Å². The Morgan fingerprint density at radius 3 is 2.95 bits per heavy atom. The molecule has 1 N–H and O–H groups in total. The van der Waals surface area contributed by atoms with Gasteiger partial charge in [0.05, 0.1) is 29.7 Å². The summed E-state index contributed by atoms with van der Waals surface area (Å²) in [7, 11) is 0. The van der Waals surface area contributed by atoms with Gasteiger partial charge in [0, 0.05) is 12.8 Å². The van der Waals surface area contributed by atoms with Gasteiger partial charge in [-0.25, -0.2) is 0 Å². The Labute approximate surface area is 116 Å². The Morgan fingerprint density at radius 2 is 2.32 bits per heavy atom. The van der Waals surface area contributed by atoms with E-state index in [9.17, 15) is 0 Å². The molecule has 1 aliphatic rings. The van der Waals surface area contributed by atoms with Crippen LogP contribution in [0.4, 0.5) is 0 Å². The number of nitrogens with zero attached hydrogens (tertiary/aromatic N) is 2. The minimum Gasteiger partial charge on any atom is -0.378 e. The maximum atomic E-state index is 5.67. The summed E-state index contributed by atoms with van der Waals surface area (Å²) in [4.78, 5) is 8.83. The molecule has 0 radical (unpaired) electrons. The van der Waals surface area contributed by atoms with Gasteiger partial charge in [0.1, 0.15) is 0 Å². The number of aryl methyl sites for hydroxylation is 1. The molecule has 0 aromatic carbocycles. The SMILES string of the molecule is CCNC(CCCC1CCCO1)c1cnc(C)cn1. The Balaban J connectivity index is 1.82. The molecular formula is C15H25N3O. The predicted octanol–water partition coefficient (Wildman–Crippen LogP) is 2.78. The van der Waals surface area contributed by atoms with Gasteiger partial charge in [-0.15, -0.1) is 0 Å². The van der Waals surface area contributed by atoms with E-state index in [-0.39, 0.29) is 0 Å². The highest BCUT2D eigenvalue weighted by Gasteiger charge is 2.17. The van der Waals surface area contributed by atoms with Crippen LogP contribution in [0.25, 0.3) is 0 Å². The molecule has 4 heteroatoms. The van der Waals surface area contributed by atoms with Gasteiger partial charge in [0.15, 0.2) is 0 Å². The zero-order chi connectivity index (χ0) is 13.5. The summed E-state index contributed by atoms with van der Waals surface area (Å²) in [6.07, 6.45) is 10.1. The van der Waals surface area contributed by atoms with E-state index in [2.05, 4.69) is 22.2 Å². The van der Waals surface area contributed by atoms with E-state index in [1.807, 2.05) is 19.3 Å². The molecule has 0 spiro atoms. The van der Waals surface area contributed by atoms with Crippen molar-refractivity contribution in [1.82, 2.24) is 15.3 Å². The van der Waals surface area contributed by atoms with Crippen molar-refractivity contribution >= 4 is 0 Å². The quantitative estimate of drug-likeness (QED) is 0.821. The minimum atomic E-state index is 0.319. The van der Waals surface area contributed by atoms with Gasteiger partial charge in [-0.3, -0.25) is 9.97 Å². The van der Waals surface area contributed by atoms with Crippen LogP contribution in [-0.2, 0) is 4.74 Å². The first kappa shape index (κ1) is 14.4. The van der Waals surface area contributed by atoms with E-state index in [1.54, 1.807) is 0 Å². The van der Waals surface area contributed by atoms with Gasteiger partial charge in [-0.05, 0) is 45.6 Å². The second-order valence-electron chi connectivity index (χ2n) is 5.26. The van der Waals surface area contributed by atoms with Gasteiger partial charge in [0.2, 0.25) is 0 Å². The standard InChI is InChI=1S/C15H25N3O/c1-3-16-14(15-11-17-12(2)10-18-15)8-4-6-13-7-5-9-19-13/h10-11,13-14,16H,3-9H2,1-2H3. The number of rotatable bonds is 7. The molecule has 1 saturated heterocycles. The summed E-state index contributed by atoms with van der Waals surface area (Å²) in [6.45, 7) is 6.01. The fourth-order valence-electron chi connectivity index (χ4n) is 2.61. The molecule has 1 aromatic heterocycles. The van der Waals surface area contributed by atoms with Crippen molar-refractivity contribution < 1.29 is 4.74 Å². The summed E-state index contributed by atoms with van der Waals surface area (Å²) < 4.78 is 5.67. The second-order valence-corrected chi connectivity index (χ2v) is 5.26. The number of hydrogen-bond donors (Lipinski definition) is 1. The summed E-state index contributed by atoms with van der Waals surface area (Å²) in [5.74, 6) is 0. The molecule has 1 aliphatic heterocycles. The lowest BCUT2D eigenvalue weighted by molar-refractivity contribution is 0.101. The van der Waals surface area contributed by atoms with Crippen LogP contribution >= 0.6 is 0 Å². The summed E-state index contributed by atoms with van der Waals surface area (Å²) in [5, 5.41) is 3.50. The lowest BCUT2D eigenvalue weighted by Gasteiger charge is -2.18. The van der Waals surface area contributed by atoms with Crippen LogP contribution in [0, 0.1) is 6.92 Å². The lowest BCUT2D eigenvalue weighted by atomic mass is 10.0. The fourth-order valence-corrected chi connectivity index (χ4v) is 2.61. The lowest BCUT2D eigenvalue weighted by Crippen LogP contribution is -2.22. The minimum absolute atomic E-state index is 0.319. The molecule has 0 bridgehead atoms. The van der Waals surface area contributed by atoms with Gasteiger partial charge in [0.25, 0.3) is 0 Å². The van der Waals surface area contributed by atoms with Crippen LogP contribution in [0.3, 0.4) is 0 Å². The van der Waals surface area contributed by atoms with E-state index in [0.717, 1.165) is 31.0 Å². The van der Waals surface area contributed by atoms with Crippen LogP contribution in [0.2, 0.25) is 0 Å². The first-order chi connectivity index (χ1) is 9.29. The molecule has 2 atom stereocenters. The maximum absolute atomic E-state index is 5.67. The van der Waals surface area contributed by atoms with Crippen molar-refractivity contribution in [3.05, 3.63) is 23.8 Å². The second kappa shape index (κ2) is 7.56. The molecule has 0 amide bonds. The van der Waals surface area contributed by atoms with Crippen LogP contribution in [0.5, 0.6) is 0 Å². The fraction of sp³-hybridized carbons (Fsp3) is 0.733. The molecule has 4 nitrogen and oxygen atoms in total. The maximum Gasteiger partial charge on any atom is 0.0756 e. The monoisotopic (exact) mass is 263 g/mol. The average molecular weight is 263 g/mol. The largest absolute Gasteiger partial charge is 0.378 e. The molecule has 2 heterocycles. The molecule has 2 unspecified atom stereocenters. The highest BCUT2D eigenvalue weighted by Crippen LogP contribution is 2.22. The van der Waals surface area contributed by atoms with Crippen molar-refractivity contribution in [1.29, 1.82) is 0 Å². The molecule has 0 saturated carbocycles. The first-order valence-electron chi connectivity index (χ1n) is 7.43. The van der Waals surface area contributed by atoms with Gasteiger partial charge >= 0.3 is 0 Å². The van der Waals surface area contributed by atoms with Crippen molar-refractivity contribution in [2.75, 3.05) is 13.2 Å². The molecular weight excluding hydrogens is 238 g/mol. The highest BCUT2D eigenvalue weighted by molar-refractivity contribution is 5.05. The molecule has 0 aliphatic carbocycles. The van der Waals surface area contributed by atoms with Gasteiger partial charge in [-0.2, -0.15) is 0 Å². The zero-order valence-corrected chi connectivity index (χ0v) is 12.1. The van der Waals surface area contributed by atoms with Crippen LogP contribution in [-0.4, -0.2) is 29.2 Å². The zero-order valence-electron chi connectivity index (χ0n) is 12.1. The van der Waals surface area contributed by atoms with E-state index < -0.39 is 0 Å². The Bertz CT molecular complexity index is 360. The summed E-state index contributed by atoms with van der Waals surface area (Å²) >= 11 is 0. The molecule has 19 heavy (non-hydrogen) atoms.